The van der Waals surface area contributed by atoms with Gasteiger partial charge in [-0.1, -0.05) is 54.1 Å². The lowest BCUT2D eigenvalue weighted by molar-refractivity contribution is -0.301. The van der Waals surface area contributed by atoms with Gasteiger partial charge in [-0.05, 0) is 39.8 Å². The highest BCUT2D eigenvalue weighted by Crippen LogP contribution is 2.09. The van der Waals surface area contributed by atoms with E-state index in [4.69, 9.17) is 4.89 Å². The van der Waals surface area contributed by atoms with Crippen LogP contribution in [0.4, 0.5) is 0 Å². The van der Waals surface area contributed by atoms with E-state index in [2.05, 4.69) is 23.9 Å². The summed E-state index contributed by atoms with van der Waals surface area (Å²) in [5.41, 5.74) is 1.32. The molecule has 21 heavy (non-hydrogen) atoms. The highest BCUT2D eigenvalue weighted by atomic mass is 17.2. The molecule has 0 saturated carbocycles. The Morgan fingerprint density at radius 3 is 1.71 bits per heavy atom. The fourth-order valence-electron chi connectivity index (χ4n) is 1.32. The van der Waals surface area contributed by atoms with Gasteiger partial charge in [0.2, 0.25) is 0 Å². The van der Waals surface area contributed by atoms with Gasteiger partial charge in [0.25, 0.3) is 0 Å². The lowest BCUT2D eigenvalue weighted by atomic mass is 10.2. The number of carbonyl (C=O) groups is 1. The molecule has 0 unspecified atom stereocenters. The van der Waals surface area contributed by atoms with Crippen molar-refractivity contribution in [3.63, 3.8) is 0 Å². The molecule has 0 bridgehead atoms. The Bertz CT molecular complexity index is 527. The molecular formula is C18H22O3. The van der Waals surface area contributed by atoms with Gasteiger partial charge in [-0.3, -0.25) is 4.89 Å². The molecule has 112 valence electrons. The van der Waals surface area contributed by atoms with E-state index in [1.807, 2.05) is 45.0 Å². The molecule has 0 saturated heterocycles. The van der Waals surface area contributed by atoms with E-state index in [0.717, 1.165) is 0 Å². The maximum atomic E-state index is 11.3. The highest BCUT2D eigenvalue weighted by Gasteiger charge is 2.15. The van der Waals surface area contributed by atoms with E-state index in [9.17, 15) is 4.79 Å². The largest absolute Gasteiger partial charge is 0.373 e. The maximum Gasteiger partial charge on any atom is 0.373 e. The van der Waals surface area contributed by atoms with Crippen LogP contribution in [0.3, 0.4) is 0 Å². The molecule has 3 heteroatoms. The molecule has 0 aliphatic heterocycles. The second kappa shape index (κ2) is 8.22. The first-order valence-electron chi connectivity index (χ1n) is 6.85. The first kappa shape index (κ1) is 16.9. The Morgan fingerprint density at radius 1 is 0.857 bits per heavy atom. The van der Waals surface area contributed by atoms with Gasteiger partial charge in [0.05, 0.1) is 5.56 Å². The first-order valence-corrected chi connectivity index (χ1v) is 6.85. The molecule has 0 N–H and O–H groups in total. The van der Waals surface area contributed by atoms with Crippen LogP contribution < -0.4 is 0 Å². The Morgan fingerprint density at radius 2 is 1.33 bits per heavy atom. The fourth-order valence-corrected chi connectivity index (χ4v) is 1.32. The molecule has 2 rings (SSSR count). The molecule has 0 heterocycles. The standard InChI is InChI=1S/C11H14O3.C7H8/c1-11(2,3)14-13-10(12)9-7-5-4-6-8-9;1-7-5-3-2-4-6-7/h4-8H,1-3H3;2-6H,1H3. The number of hydrogen-bond acceptors (Lipinski definition) is 3. The number of carbonyl (C=O) groups excluding carboxylic acids is 1. The normalized spacial score (nSPS) is 10.3. The molecule has 3 nitrogen and oxygen atoms in total. The van der Waals surface area contributed by atoms with Crippen molar-refractivity contribution < 1.29 is 14.6 Å². The zero-order valence-corrected chi connectivity index (χ0v) is 13.0. The molecule has 0 atom stereocenters. The van der Waals surface area contributed by atoms with Crippen LogP contribution in [-0.2, 0) is 9.78 Å². The summed E-state index contributed by atoms with van der Waals surface area (Å²) < 4.78 is 0. The fraction of sp³-hybridized carbons (Fsp3) is 0.278. The number of rotatable bonds is 2. The zero-order valence-electron chi connectivity index (χ0n) is 13.0. The SMILES string of the molecule is CC(C)(C)OOC(=O)c1ccccc1.Cc1ccccc1. The van der Waals surface area contributed by atoms with Gasteiger partial charge >= 0.3 is 5.97 Å². The van der Waals surface area contributed by atoms with E-state index in [1.165, 1.54) is 5.56 Å². The third-order valence-corrected chi connectivity index (χ3v) is 2.32. The van der Waals surface area contributed by atoms with E-state index in [1.54, 1.807) is 24.3 Å². The molecule has 0 amide bonds. The van der Waals surface area contributed by atoms with Gasteiger partial charge in [-0.15, -0.1) is 0 Å². The third kappa shape index (κ3) is 7.90. The quantitative estimate of drug-likeness (QED) is 0.599. The van der Waals surface area contributed by atoms with E-state index >= 15 is 0 Å². The molecule has 2 aromatic rings. The first-order chi connectivity index (χ1) is 9.88. The summed E-state index contributed by atoms with van der Waals surface area (Å²) in [4.78, 5) is 20.9. The van der Waals surface area contributed by atoms with Crippen molar-refractivity contribution in [2.45, 2.75) is 33.3 Å². The van der Waals surface area contributed by atoms with Crippen molar-refractivity contribution in [2.75, 3.05) is 0 Å². The summed E-state index contributed by atoms with van der Waals surface area (Å²) in [5, 5.41) is 0. The van der Waals surface area contributed by atoms with E-state index in [-0.39, 0.29) is 0 Å². The van der Waals surface area contributed by atoms with Crippen molar-refractivity contribution in [1.29, 1.82) is 0 Å². The van der Waals surface area contributed by atoms with Crippen LogP contribution >= 0.6 is 0 Å². The Hall–Kier alpha value is -2.13. The summed E-state index contributed by atoms with van der Waals surface area (Å²) in [6.07, 6.45) is 0. The molecule has 0 radical (unpaired) electrons. The van der Waals surface area contributed by atoms with Gasteiger partial charge in [-0.2, -0.15) is 4.89 Å². The third-order valence-electron chi connectivity index (χ3n) is 2.32. The van der Waals surface area contributed by atoms with Crippen molar-refractivity contribution in [2.24, 2.45) is 0 Å². The predicted molar refractivity (Wildman–Crippen MR) is 83.9 cm³/mol. The monoisotopic (exact) mass is 286 g/mol. The number of benzene rings is 2. The Balaban J connectivity index is 0.000000262. The van der Waals surface area contributed by atoms with Crippen LogP contribution in [0.25, 0.3) is 0 Å². The van der Waals surface area contributed by atoms with Crippen molar-refractivity contribution in [3.05, 3.63) is 71.8 Å². The number of hydrogen-bond donors (Lipinski definition) is 0. The summed E-state index contributed by atoms with van der Waals surface area (Å²) in [5.74, 6) is -0.472. The molecule has 0 aliphatic carbocycles. The molecular weight excluding hydrogens is 264 g/mol. The summed E-state index contributed by atoms with van der Waals surface area (Å²) in [7, 11) is 0. The highest BCUT2D eigenvalue weighted by molar-refractivity contribution is 5.88. The molecule has 0 spiro atoms. The summed E-state index contributed by atoms with van der Waals surface area (Å²) in [6.45, 7) is 7.52. The Labute approximate surface area is 126 Å². The van der Waals surface area contributed by atoms with Crippen LogP contribution in [0.2, 0.25) is 0 Å². The molecule has 0 aromatic heterocycles. The van der Waals surface area contributed by atoms with Crippen LogP contribution in [0.1, 0.15) is 36.7 Å². The second-order valence-corrected chi connectivity index (χ2v) is 5.59. The maximum absolute atomic E-state index is 11.3. The minimum atomic E-state index is -0.482. The number of aryl methyl sites for hydroxylation is 1. The summed E-state index contributed by atoms with van der Waals surface area (Å²) >= 11 is 0. The minimum absolute atomic E-state index is 0.472. The molecule has 0 fully saturated rings. The van der Waals surface area contributed by atoms with E-state index < -0.39 is 11.6 Å². The van der Waals surface area contributed by atoms with Crippen LogP contribution in [0, 0.1) is 6.92 Å². The van der Waals surface area contributed by atoms with Crippen molar-refractivity contribution in [1.82, 2.24) is 0 Å². The minimum Gasteiger partial charge on any atom is -0.292 e. The van der Waals surface area contributed by atoms with Gasteiger partial charge in [0.1, 0.15) is 5.60 Å². The zero-order chi connectivity index (χ0) is 15.7. The van der Waals surface area contributed by atoms with Gasteiger partial charge in [-0.25, -0.2) is 4.79 Å². The Kier molecular flexibility index (Phi) is 6.63. The van der Waals surface area contributed by atoms with E-state index in [0.29, 0.717) is 5.56 Å². The predicted octanol–water partition coefficient (Wildman–Crippen LogP) is 4.57. The van der Waals surface area contributed by atoms with Gasteiger partial charge < -0.3 is 0 Å². The van der Waals surface area contributed by atoms with Crippen LogP contribution in [0.5, 0.6) is 0 Å². The van der Waals surface area contributed by atoms with Gasteiger partial charge in [0, 0.05) is 0 Å². The second-order valence-electron chi connectivity index (χ2n) is 5.59. The average molecular weight is 286 g/mol. The van der Waals surface area contributed by atoms with Gasteiger partial charge in [0.15, 0.2) is 0 Å². The lowest BCUT2D eigenvalue weighted by Crippen LogP contribution is -2.21. The lowest BCUT2D eigenvalue weighted by Gasteiger charge is -2.16. The van der Waals surface area contributed by atoms with Crippen LogP contribution in [0.15, 0.2) is 60.7 Å². The summed E-state index contributed by atoms with van der Waals surface area (Å²) in [6, 6.07) is 19.0. The topological polar surface area (TPSA) is 35.5 Å². The van der Waals surface area contributed by atoms with Crippen LogP contribution in [-0.4, -0.2) is 11.6 Å². The smallest absolute Gasteiger partial charge is 0.292 e. The van der Waals surface area contributed by atoms with Crippen molar-refractivity contribution >= 4 is 5.97 Å². The average Bonchev–Trinajstić information content (AvgIpc) is 2.46. The van der Waals surface area contributed by atoms with Crippen molar-refractivity contribution in [3.8, 4) is 0 Å². The molecule has 2 aromatic carbocycles. The molecule has 0 aliphatic rings.